The van der Waals surface area contributed by atoms with Gasteiger partial charge in [0, 0.05) is 33.4 Å². The molecule has 0 fully saturated rings. The smallest absolute Gasteiger partial charge is 0.0567 e. The molecule has 116 valence electrons. The summed E-state index contributed by atoms with van der Waals surface area (Å²) in [5.41, 5.74) is 6.14. The second kappa shape index (κ2) is 8.52. The topological polar surface area (TPSA) is 29.3 Å². The average molecular weight is 361 g/mol. The lowest BCUT2D eigenvalue weighted by Crippen LogP contribution is -2.42. The van der Waals surface area contributed by atoms with Crippen molar-refractivity contribution in [2.24, 2.45) is 11.7 Å². The monoisotopic (exact) mass is 360 g/mol. The fourth-order valence-electron chi connectivity index (χ4n) is 2.77. The largest absolute Gasteiger partial charge is 0.329 e. The first-order valence-electron chi connectivity index (χ1n) is 7.66. The van der Waals surface area contributed by atoms with Crippen LogP contribution >= 0.6 is 27.3 Å². The van der Waals surface area contributed by atoms with Gasteiger partial charge in [0.1, 0.15) is 0 Å². The lowest BCUT2D eigenvalue weighted by atomic mass is 10.0. The van der Waals surface area contributed by atoms with Crippen LogP contribution in [-0.4, -0.2) is 24.0 Å². The first-order chi connectivity index (χ1) is 9.44. The van der Waals surface area contributed by atoms with Crippen LogP contribution in [-0.2, 0) is 0 Å². The van der Waals surface area contributed by atoms with Crippen LogP contribution in [0.1, 0.15) is 56.3 Å². The van der Waals surface area contributed by atoms with Crippen molar-refractivity contribution in [2.45, 2.75) is 59.5 Å². The molecular formula is C16H29BrN2S. The van der Waals surface area contributed by atoms with E-state index in [-0.39, 0.29) is 0 Å². The molecule has 0 aliphatic carbocycles. The highest BCUT2D eigenvalue weighted by Crippen LogP contribution is 2.35. The van der Waals surface area contributed by atoms with Gasteiger partial charge in [0.2, 0.25) is 0 Å². The van der Waals surface area contributed by atoms with E-state index in [2.05, 4.69) is 61.5 Å². The molecule has 2 N–H and O–H groups in total. The molecule has 4 heteroatoms. The summed E-state index contributed by atoms with van der Waals surface area (Å²) in [6.45, 7) is 13.1. The predicted molar refractivity (Wildman–Crippen MR) is 94.5 cm³/mol. The predicted octanol–water partition coefficient (Wildman–Crippen LogP) is 4.97. The van der Waals surface area contributed by atoms with Gasteiger partial charge in [-0.2, -0.15) is 0 Å². The Morgan fingerprint density at radius 2 is 1.90 bits per heavy atom. The van der Waals surface area contributed by atoms with Gasteiger partial charge >= 0.3 is 0 Å². The van der Waals surface area contributed by atoms with Gasteiger partial charge in [0.15, 0.2) is 0 Å². The third-order valence-electron chi connectivity index (χ3n) is 3.82. The van der Waals surface area contributed by atoms with Crippen molar-refractivity contribution in [3.8, 4) is 0 Å². The van der Waals surface area contributed by atoms with E-state index in [1.807, 2.05) is 11.3 Å². The minimum atomic E-state index is 0.345. The fourth-order valence-corrected chi connectivity index (χ4v) is 4.47. The van der Waals surface area contributed by atoms with Gasteiger partial charge in [0.05, 0.1) is 6.04 Å². The zero-order valence-electron chi connectivity index (χ0n) is 13.4. The second-order valence-corrected chi connectivity index (χ2v) is 8.01. The Morgan fingerprint density at radius 3 is 2.25 bits per heavy atom. The molecule has 20 heavy (non-hydrogen) atoms. The number of nitrogens with two attached hydrogens (primary N) is 1. The Labute approximate surface area is 136 Å². The van der Waals surface area contributed by atoms with E-state index < -0.39 is 0 Å². The molecule has 0 aliphatic rings. The highest BCUT2D eigenvalue weighted by Gasteiger charge is 2.27. The molecule has 0 spiro atoms. The average Bonchev–Trinajstić information content (AvgIpc) is 2.71. The van der Waals surface area contributed by atoms with Gasteiger partial charge in [-0.15, -0.1) is 11.3 Å². The Kier molecular flexibility index (Phi) is 7.73. The number of nitrogens with zero attached hydrogens (tertiary/aromatic N) is 1. The minimum absolute atomic E-state index is 0.345. The molecule has 1 rings (SSSR count). The molecule has 0 amide bonds. The summed E-state index contributed by atoms with van der Waals surface area (Å²) in [4.78, 5) is 5.36. The fraction of sp³-hybridized carbons (Fsp3) is 0.750. The Balaban J connectivity index is 3.06. The zero-order chi connectivity index (χ0) is 15.3. The third-order valence-corrected chi connectivity index (χ3v) is 6.05. The van der Waals surface area contributed by atoms with E-state index in [1.165, 1.54) is 27.1 Å². The van der Waals surface area contributed by atoms with Gasteiger partial charge in [-0.3, -0.25) is 4.90 Å². The van der Waals surface area contributed by atoms with Crippen LogP contribution in [0.3, 0.4) is 0 Å². The zero-order valence-corrected chi connectivity index (χ0v) is 15.9. The number of rotatable bonds is 8. The van der Waals surface area contributed by atoms with Crippen molar-refractivity contribution in [3.05, 3.63) is 20.3 Å². The minimum Gasteiger partial charge on any atom is -0.329 e. The Morgan fingerprint density at radius 1 is 1.30 bits per heavy atom. The number of aryl methyl sites for hydroxylation is 1. The second-order valence-electron chi connectivity index (χ2n) is 5.87. The van der Waals surface area contributed by atoms with Gasteiger partial charge in [0.25, 0.3) is 0 Å². The molecule has 0 saturated carbocycles. The summed E-state index contributed by atoms with van der Waals surface area (Å²) in [6.07, 6.45) is 2.37. The molecule has 0 bridgehead atoms. The third kappa shape index (κ3) is 4.55. The molecular weight excluding hydrogens is 332 g/mol. The summed E-state index contributed by atoms with van der Waals surface area (Å²) >= 11 is 5.51. The van der Waals surface area contributed by atoms with Crippen LogP contribution in [0.5, 0.6) is 0 Å². The first kappa shape index (κ1) is 18.1. The van der Waals surface area contributed by atoms with E-state index >= 15 is 0 Å². The van der Waals surface area contributed by atoms with Crippen LogP contribution in [0.25, 0.3) is 0 Å². The highest BCUT2D eigenvalue weighted by atomic mass is 79.9. The highest BCUT2D eigenvalue weighted by molar-refractivity contribution is 9.10. The lowest BCUT2D eigenvalue weighted by Gasteiger charge is -2.38. The SMILES string of the molecule is CCC(CC)N(CC(C)C)C(CN)c1cc(Br)c(C)s1. The first-order valence-corrected chi connectivity index (χ1v) is 9.27. The van der Waals surface area contributed by atoms with Crippen LogP contribution in [0.2, 0.25) is 0 Å². The lowest BCUT2D eigenvalue weighted by molar-refractivity contribution is 0.114. The molecule has 0 aromatic carbocycles. The summed E-state index contributed by atoms with van der Waals surface area (Å²) in [5.74, 6) is 0.661. The molecule has 2 nitrogen and oxygen atoms in total. The number of hydrogen-bond acceptors (Lipinski definition) is 3. The normalized spacial score (nSPS) is 13.7. The van der Waals surface area contributed by atoms with Crippen LogP contribution in [0.4, 0.5) is 0 Å². The van der Waals surface area contributed by atoms with E-state index in [4.69, 9.17) is 5.73 Å². The van der Waals surface area contributed by atoms with E-state index in [0.29, 0.717) is 24.5 Å². The maximum absolute atomic E-state index is 6.14. The van der Waals surface area contributed by atoms with Crippen molar-refractivity contribution >= 4 is 27.3 Å². The van der Waals surface area contributed by atoms with Crippen molar-refractivity contribution in [2.75, 3.05) is 13.1 Å². The molecule has 1 unspecified atom stereocenters. The van der Waals surface area contributed by atoms with Crippen molar-refractivity contribution in [1.29, 1.82) is 0 Å². The van der Waals surface area contributed by atoms with Gasteiger partial charge in [-0.05, 0) is 47.7 Å². The van der Waals surface area contributed by atoms with Crippen molar-refractivity contribution in [1.82, 2.24) is 4.90 Å². The van der Waals surface area contributed by atoms with E-state index in [9.17, 15) is 0 Å². The molecule has 0 saturated heterocycles. The van der Waals surface area contributed by atoms with Crippen molar-refractivity contribution in [3.63, 3.8) is 0 Å². The molecule has 1 heterocycles. The number of halogens is 1. The molecule has 1 aromatic rings. The quantitative estimate of drug-likeness (QED) is 0.709. The van der Waals surface area contributed by atoms with E-state index in [1.54, 1.807) is 0 Å². The summed E-state index contributed by atoms with van der Waals surface area (Å²) in [5, 5.41) is 0. The molecule has 0 aliphatic heterocycles. The molecule has 1 aromatic heterocycles. The summed E-state index contributed by atoms with van der Waals surface area (Å²) < 4.78 is 1.21. The number of thiophene rings is 1. The Hall–Kier alpha value is 0.1000. The maximum Gasteiger partial charge on any atom is 0.0567 e. The van der Waals surface area contributed by atoms with Gasteiger partial charge in [-0.1, -0.05) is 27.7 Å². The van der Waals surface area contributed by atoms with Crippen LogP contribution < -0.4 is 5.73 Å². The molecule has 0 radical (unpaired) electrons. The standard InChI is InChI=1S/C16H29BrN2S/c1-6-13(7-2)19(10-11(3)4)15(9-18)16-8-14(17)12(5)20-16/h8,11,13,15H,6-7,9-10,18H2,1-5H3. The van der Waals surface area contributed by atoms with E-state index in [0.717, 1.165) is 6.54 Å². The van der Waals surface area contributed by atoms with Gasteiger partial charge in [-0.25, -0.2) is 0 Å². The maximum atomic E-state index is 6.14. The van der Waals surface area contributed by atoms with Crippen LogP contribution in [0.15, 0.2) is 10.5 Å². The molecule has 1 atom stereocenters. The summed E-state index contributed by atoms with van der Waals surface area (Å²) in [6, 6.07) is 3.22. The van der Waals surface area contributed by atoms with Crippen LogP contribution in [0, 0.1) is 12.8 Å². The Bertz CT molecular complexity index is 380. The van der Waals surface area contributed by atoms with Crippen molar-refractivity contribution < 1.29 is 0 Å². The summed E-state index contributed by atoms with van der Waals surface area (Å²) in [7, 11) is 0. The number of hydrogen-bond donors (Lipinski definition) is 1. The van der Waals surface area contributed by atoms with Gasteiger partial charge < -0.3 is 5.73 Å².